The lowest BCUT2D eigenvalue weighted by Gasteiger charge is -2.26. The lowest BCUT2D eigenvalue weighted by Crippen LogP contribution is -2.30. The van der Waals surface area contributed by atoms with E-state index in [2.05, 4.69) is 39.1 Å². The molecule has 1 unspecified atom stereocenters. The van der Waals surface area contributed by atoms with Gasteiger partial charge >= 0.3 is 0 Å². The second-order valence-corrected chi connectivity index (χ2v) is 8.18. The van der Waals surface area contributed by atoms with Gasteiger partial charge in [-0.2, -0.15) is 0 Å². The monoisotopic (exact) mass is 445 g/mol. The van der Waals surface area contributed by atoms with Gasteiger partial charge in [0.2, 0.25) is 0 Å². The lowest BCUT2D eigenvalue weighted by molar-refractivity contribution is 0.509. The van der Waals surface area contributed by atoms with Gasteiger partial charge in [0.1, 0.15) is 17.7 Å². The number of aromatic amines is 1. The largest absolute Gasteiger partial charge is 0.358 e. The van der Waals surface area contributed by atoms with Crippen LogP contribution in [0.25, 0.3) is 27.8 Å². The minimum absolute atomic E-state index is 0.0708. The summed E-state index contributed by atoms with van der Waals surface area (Å²) in [4.78, 5) is 34.4. The molecular formula is C23H20ClN7O. The van der Waals surface area contributed by atoms with E-state index in [0.717, 1.165) is 0 Å². The molecule has 160 valence electrons. The molecule has 3 heterocycles. The Morgan fingerprint density at radius 1 is 1.03 bits per heavy atom. The predicted octanol–water partition coefficient (Wildman–Crippen LogP) is 4.51. The molecule has 1 atom stereocenters. The minimum atomic E-state index is -0.340. The van der Waals surface area contributed by atoms with Crippen LogP contribution in [0.15, 0.2) is 66.0 Å². The lowest BCUT2D eigenvalue weighted by atomic mass is 10.0. The van der Waals surface area contributed by atoms with E-state index in [1.165, 1.54) is 6.33 Å². The second-order valence-electron chi connectivity index (χ2n) is 7.77. The van der Waals surface area contributed by atoms with E-state index in [4.69, 9.17) is 16.6 Å². The molecular weight excluding hydrogens is 426 g/mol. The molecule has 0 saturated carbocycles. The van der Waals surface area contributed by atoms with E-state index in [0.29, 0.717) is 44.4 Å². The molecule has 2 N–H and O–H groups in total. The van der Waals surface area contributed by atoms with Gasteiger partial charge in [-0.05, 0) is 30.2 Å². The Kier molecular flexibility index (Phi) is 5.07. The number of benzene rings is 2. The highest BCUT2D eigenvalue weighted by Gasteiger charge is 2.26. The van der Waals surface area contributed by atoms with Crippen molar-refractivity contribution in [3.05, 3.63) is 82.4 Å². The van der Waals surface area contributed by atoms with Gasteiger partial charge in [0, 0.05) is 0 Å². The molecule has 0 aliphatic heterocycles. The Morgan fingerprint density at radius 3 is 2.62 bits per heavy atom. The van der Waals surface area contributed by atoms with Gasteiger partial charge in [0.25, 0.3) is 5.56 Å². The normalized spacial score (nSPS) is 12.5. The van der Waals surface area contributed by atoms with Gasteiger partial charge in [0.05, 0.1) is 34.0 Å². The Hall–Kier alpha value is -3.78. The number of hydrogen-bond acceptors (Lipinski definition) is 6. The fraction of sp³-hybridized carbons (Fsp3) is 0.174. The van der Waals surface area contributed by atoms with Crippen molar-refractivity contribution in [2.75, 3.05) is 5.32 Å². The van der Waals surface area contributed by atoms with Crippen LogP contribution >= 0.6 is 11.6 Å². The van der Waals surface area contributed by atoms with Gasteiger partial charge in [-0.25, -0.2) is 19.9 Å². The molecule has 3 aromatic heterocycles. The van der Waals surface area contributed by atoms with Crippen molar-refractivity contribution < 1.29 is 0 Å². The first-order valence-electron chi connectivity index (χ1n) is 10.2. The number of nitrogens with zero attached hydrogens (tertiary/aromatic N) is 5. The summed E-state index contributed by atoms with van der Waals surface area (Å²) in [6.07, 6.45) is 3.03. The van der Waals surface area contributed by atoms with Gasteiger partial charge in [0.15, 0.2) is 11.5 Å². The predicted molar refractivity (Wildman–Crippen MR) is 125 cm³/mol. The highest BCUT2D eigenvalue weighted by atomic mass is 35.5. The van der Waals surface area contributed by atoms with Crippen LogP contribution in [0.4, 0.5) is 5.82 Å². The van der Waals surface area contributed by atoms with Crippen molar-refractivity contribution >= 4 is 39.5 Å². The van der Waals surface area contributed by atoms with E-state index < -0.39 is 0 Å². The SMILES string of the molecule is CC(C)C(Nc1ncnc2nc[nH]c12)c1nc2cccc(Cl)c2c(=O)n1-c1ccccc1. The zero-order valence-electron chi connectivity index (χ0n) is 17.5. The molecule has 5 aromatic rings. The van der Waals surface area contributed by atoms with Crippen LogP contribution in [-0.4, -0.2) is 29.5 Å². The molecule has 0 saturated heterocycles. The van der Waals surface area contributed by atoms with E-state index >= 15 is 0 Å². The van der Waals surface area contributed by atoms with Crippen LogP contribution in [0.1, 0.15) is 25.7 Å². The van der Waals surface area contributed by atoms with Crippen LogP contribution in [0.5, 0.6) is 0 Å². The first kappa shape index (κ1) is 20.1. The zero-order valence-corrected chi connectivity index (χ0v) is 18.2. The summed E-state index contributed by atoms with van der Waals surface area (Å²) in [7, 11) is 0. The summed E-state index contributed by atoms with van der Waals surface area (Å²) in [6.45, 7) is 4.12. The third-order valence-corrected chi connectivity index (χ3v) is 5.66. The van der Waals surface area contributed by atoms with Gasteiger partial charge in [-0.1, -0.05) is 49.7 Å². The summed E-state index contributed by atoms with van der Waals surface area (Å²) >= 11 is 6.40. The molecule has 0 aliphatic rings. The smallest absolute Gasteiger partial charge is 0.267 e. The number of H-pyrrole nitrogens is 1. The number of imidazole rings is 1. The van der Waals surface area contributed by atoms with Gasteiger partial charge in [-0.15, -0.1) is 0 Å². The molecule has 0 spiro atoms. The maximum atomic E-state index is 13.7. The third-order valence-electron chi connectivity index (χ3n) is 5.35. The van der Waals surface area contributed by atoms with Crippen LogP contribution in [0.3, 0.4) is 0 Å². The van der Waals surface area contributed by atoms with Gasteiger partial charge in [-0.3, -0.25) is 9.36 Å². The van der Waals surface area contributed by atoms with Crippen LogP contribution in [0, 0.1) is 5.92 Å². The average molecular weight is 446 g/mol. The summed E-state index contributed by atoms with van der Waals surface area (Å²) in [5.74, 6) is 1.23. The maximum Gasteiger partial charge on any atom is 0.267 e. The standard InChI is InChI=1S/C23H20ClN7O/c1-13(2)18(30-21-19-20(26-11-25-19)27-12-28-21)22-29-16-10-6-9-15(24)17(16)23(32)31(22)14-7-4-3-5-8-14/h3-13,18H,1-2H3,(H2,25,26,27,28,30). The Bertz CT molecular complexity index is 1480. The molecule has 0 radical (unpaired) electrons. The minimum Gasteiger partial charge on any atom is -0.358 e. The maximum absolute atomic E-state index is 13.7. The van der Waals surface area contributed by atoms with Crippen molar-refractivity contribution in [2.45, 2.75) is 19.9 Å². The number of hydrogen-bond donors (Lipinski definition) is 2. The first-order valence-corrected chi connectivity index (χ1v) is 10.6. The highest BCUT2D eigenvalue weighted by Crippen LogP contribution is 2.30. The fourth-order valence-electron chi connectivity index (χ4n) is 3.79. The molecule has 2 aromatic carbocycles. The molecule has 0 aliphatic carbocycles. The topological polar surface area (TPSA) is 101 Å². The van der Waals surface area contributed by atoms with E-state index in [-0.39, 0.29) is 17.5 Å². The molecule has 9 heteroatoms. The van der Waals surface area contributed by atoms with Gasteiger partial charge < -0.3 is 10.3 Å². The van der Waals surface area contributed by atoms with E-state index in [1.807, 2.05) is 30.3 Å². The third kappa shape index (κ3) is 3.38. The number of fused-ring (bicyclic) bond motifs is 2. The molecule has 8 nitrogen and oxygen atoms in total. The number of halogens is 1. The van der Waals surface area contributed by atoms with Crippen LogP contribution in [-0.2, 0) is 0 Å². The highest BCUT2D eigenvalue weighted by molar-refractivity contribution is 6.35. The summed E-state index contributed by atoms with van der Waals surface area (Å²) in [6, 6.07) is 14.4. The van der Waals surface area contributed by atoms with Crippen molar-refractivity contribution in [2.24, 2.45) is 5.92 Å². The zero-order chi connectivity index (χ0) is 22.2. The van der Waals surface area contributed by atoms with E-state index in [1.54, 1.807) is 29.1 Å². The number of nitrogens with one attached hydrogen (secondary N) is 2. The first-order chi connectivity index (χ1) is 15.5. The molecule has 0 bridgehead atoms. The molecule has 0 amide bonds. The molecule has 5 rings (SSSR count). The Morgan fingerprint density at radius 2 is 1.84 bits per heavy atom. The number of para-hydroxylation sites is 1. The molecule has 32 heavy (non-hydrogen) atoms. The van der Waals surface area contributed by atoms with Crippen molar-refractivity contribution in [1.82, 2.24) is 29.5 Å². The number of aromatic nitrogens is 6. The number of anilines is 1. The van der Waals surface area contributed by atoms with Crippen molar-refractivity contribution in [3.63, 3.8) is 0 Å². The Labute approximate surface area is 188 Å². The summed E-state index contributed by atoms with van der Waals surface area (Å²) < 4.78 is 1.62. The van der Waals surface area contributed by atoms with Crippen molar-refractivity contribution in [3.8, 4) is 5.69 Å². The molecule has 0 fully saturated rings. The Balaban J connectivity index is 1.77. The fourth-order valence-corrected chi connectivity index (χ4v) is 4.04. The summed E-state index contributed by atoms with van der Waals surface area (Å²) in [5.41, 5.74) is 2.29. The number of rotatable bonds is 5. The quantitative estimate of drug-likeness (QED) is 0.412. The summed E-state index contributed by atoms with van der Waals surface area (Å²) in [5, 5.41) is 4.23. The van der Waals surface area contributed by atoms with E-state index in [9.17, 15) is 4.79 Å². The van der Waals surface area contributed by atoms with Crippen LogP contribution in [0.2, 0.25) is 5.02 Å². The average Bonchev–Trinajstić information content (AvgIpc) is 3.27. The van der Waals surface area contributed by atoms with Crippen molar-refractivity contribution in [1.29, 1.82) is 0 Å². The second kappa shape index (κ2) is 8.05. The van der Waals surface area contributed by atoms with Crippen LogP contribution < -0.4 is 10.9 Å².